The SMILES string of the molecule is c1ccc(-c2ccc(N(c3ccc(-c4ccccc4)cc3)c3cc4c(cn3)oc3ccc5ccccc5c34)cc2)cc1. The molecule has 0 saturated heterocycles. The van der Waals surface area contributed by atoms with Crippen LogP contribution in [0.15, 0.2) is 162 Å². The Bertz CT molecular complexity index is 2080. The molecule has 0 aliphatic heterocycles. The van der Waals surface area contributed by atoms with E-state index in [1.54, 1.807) is 0 Å². The second-order valence-electron chi connectivity index (χ2n) is 10.5. The standard InChI is InChI=1S/C39H26N2O/c1-3-9-27(10-4-1)29-15-20-32(21-16-29)41(33-22-17-30(18-23-33)28-11-5-2-6-12-28)38-25-35-37(26-40-38)42-36-24-19-31-13-7-8-14-34(31)39(35)36/h1-26H. The van der Waals surface area contributed by atoms with Crippen LogP contribution in [0.5, 0.6) is 0 Å². The zero-order valence-electron chi connectivity index (χ0n) is 22.8. The maximum absolute atomic E-state index is 6.26. The van der Waals surface area contributed by atoms with E-state index in [0.717, 1.165) is 39.1 Å². The lowest BCUT2D eigenvalue weighted by atomic mass is 10.0. The number of benzene rings is 6. The predicted molar refractivity (Wildman–Crippen MR) is 175 cm³/mol. The van der Waals surface area contributed by atoms with Crippen molar-refractivity contribution in [2.75, 3.05) is 4.90 Å². The highest BCUT2D eigenvalue weighted by molar-refractivity contribution is 6.19. The van der Waals surface area contributed by atoms with Gasteiger partial charge in [-0.25, -0.2) is 4.98 Å². The molecule has 8 rings (SSSR count). The summed E-state index contributed by atoms with van der Waals surface area (Å²) in [6.45, 7) is 0. The lowest BCUT2D eigenvalue weighted by Crippen LogP contribution is -2.11. The lowest BCUT2D eigenvalue weighted by molar-refractivity contribution is 0.667. The molecule has 0 unspecified atom stereocenters. The van der Waals surface area contributed by atoms with Crippen molar-refractivity contribution in [1.29, 1.82) is 0 Å². The van der Waals surface area contributed by atoms with E-state index in [-0.39, 0.29) is 0 Å². The Morgan fingerprint density at radius 2 is 1.00 bits per heavy atom. The van der Waals surface area contributed by atoms with Crippen molar-refractivity contribution in [3.8, 4) is 22.3 Å². The molecule has 0 amide bonds. The average molecular weight is 539 g/mol. The van der Waals surface area contributed by atoms with Gasteiger partial charge < -0.3 is 4.42 Å². The number of furan rings is 1. The molecule has 0 saturated carbocycles. The van der Waals surface area contributed by atoms with E-state index >= 15 is 0 Å². The van der Waals surface area contributed by atoms with Gasteiger partial charge in [-0.15, -0.1) is 0 Å². The topological polar surface area (TPSA) is 29.3 Å². The maximum Gasteiger partial charge on any atom is 0.153 e. The van der Waals surface area contributed by atoms with Crippen molar-refractivity contribution in [3.05, 3.63) is 158 Å². The Balaban J connectivity index is 1.29. The van der Waals surface area contributed by atoms with Gasteiger partial charge in [-0.3, -0.25) is 4.90 Å². The molecule has 198 valence electrons. The molecule has 0 bridgehead atoms. The van der Waals surface area contributed by atoms with Crippen LogP contribution in [0.3, 0.4) is 0 Å². The molecule has 3 heteroatoms. The number of rotatable bonds is 5. The summed E-state index contributed by atoms with van der Waals surface area (Å²) < 4.78 is 6.26. The van der Waals surface area contributed by atoms with Crippen LogP contribution in [-0.2, 0) is 0 Å². The third-order valence-electron chi connectivity index (χ3n) is 7.93. The van der Waals surface area contributed by atoms with E-state index in [9.17, 15) is 0 Å². The smallest absolute Gasteiger partial charge is 0.153 e. The number of hydrogen-bond donors (Lipinski definition) is 0. The first kappa shape index (κ1) is 24.2. The fourth-order valence-corrected chi connectivity index (χ4v) is 5.84. The van der Waals surface area contributed by atoms with Gasteiger partial charge in [0.05, 0.1) is 6.20 Å². The second-order valence-corrected chi connectivity index (χ2v) is 10.5. The second kappa shape index (κ2) is 10.1. The zero-order valence-corrected chi connectivity index (χ0v) is 22.8. The molecule has 42 heavy (non-hydrogen) atoms. The molecule has 0 spiro atoms. The van der Waals surface area contributed by atoms with E-state index in [1.165, 1.54) is 33.0 Å². The van der Waals surface area contributed by atoms with Gasteiger partial charge in [0.25, 0.3) is 0 Å². The highest BCUT2D eigenvalue weighted by Gasteiger charge is 2.18. The first-order valence-electron chi connectivity index (χ1n) is 14.1. The van der Waals surface area contributed by atoms with Crippen LogP contribution >= 0.6 is 0 Å². The van der Waals surface area contributed by atoms with Crippen molar-refractivity contribution >= 4 is 49.9 Å². The molecule has 3 nitrogen and oxygen atoms in total. The third-order valence-corrected chi connectivity index (χ3v) is 7.93. The number of nitrogens with zero attached hydrogens (tertiary/aromatic N) is 2. The molecule has 6 aromatic carbocycles. The highest BCUT2D eigenvalue weighted by Crippen LogP contribution is 2.40. The van der Waals surface area contributed by atoms with Gasteiger partial charge >= 0.3 is 0 Å². The van der Waals surface area contributed by atoms with Crippen molar-refractivity contribution < 1.29 is 4.42 Å². The van der Waals surface area contributed by atoms with Gasteiger partial charge in [-0.05, 0) is 69.4 Å². The number of hydrogen-bond acceptors (Lipinski definition) is 3. The summed E-state index contributed by atoms with van der Waals surface area (Å²) in [5, 5.41) is 4.54. The van der Waals surface area contributed by atoms with Crippen LogP contribution in [0.25, 0.3) is 55.0 Å². The molecule has 0 N–H and O–H groups in total. The van der Waals surface area contributed by atoms with Crippen LogP contribution in [0.2, 0.25) is 0 Å². The molecule has 0 fully saturated rings. The highest BCUT2D eigenvalue weighted by atomic mass is 16.3. The van der Waals surface area contributed by atoms with E-state index in [1.807, 2.05) is 18.3 Å². The van der Waals surface area contributed by atoms with E-state index in [0.29, 0.717) is 0 Å². The average Bonchev–Trinajstić information content (AvgIpc) is 3.45. The number of fused-ring (bicyclic) bond motifs is 5. The summed E-state index contributed by atoms with van der Waals surface area (Å²) in [6.07, 6.45) is 1.85. The summed E-state index contributed by atoms with van der Waals surface area (Å²) in [7, 11) is 0. The summed E-state index contributed by atoms with van der Waals surface area (Å²) in [5.74, 6) is 0.832. The molecule has 2 aromatic heterocycles. The van der Waals surface area contributed by atoms with E-state index in [2.05, 4.69) is 144 Å². The Hall–Kier alpha value is -5.67. The fourth-order valence-electron chi connectivity index (χ4n) is 5.84. The van der Waals surface area contributed by atoms with Crippen molar-refractivity contribution in [2.45, 2.75) is 0 Å². The molecule has 0 radical (unpaired) electrons. The summed E-state index contributed by atoms with van der Waals surface area (Å²) in [5.41, 5.74) is 8.46. The van der Waals surface area contributed by atoms with Crippen molar-refractivity contribution in [2.24, 2.45) is 0 Å². The van der Waals surface area contributed by atoms with Crippen molar-refractivity contribution in [1.82, 2.24) is 4.98 Å². The fraction of sp³-hybridized carbons (Fsp3) is 0. The monoisotopic (exact) mass is 538 g/mol. The normalized spacial score (nSPS) is 11.3. The Labute approximate surface area is 243 Å². The zero-order chi connectivity index (χ0) is 27.9. The summed E-state index contributed by atoms with van der Waals surface area (Å²) in [4.78, 5) is 7.14. The number of aromatic nitrogens is 1. The van der Waals surface area contributed by atoms with Crippen molar-refractivity contribution in [3.63, 3.8) is 0 Å². The first-order valence-corrected chi connectivity index (χ1v) is 14.1. The molecule has 0 atom stereocenters. The summed E-state index contributed by atoms with van der Waals surface area (Å²) >= 11 is 0. The number of pyridine rings is 1. The van der Waals surface area contributed by atoms with Gasteiger partial charge in [0.1, 0.15) is 11.4 Å². The van der Waals surface area contributed by atoms with E-state index < -0.39 is 0 Å². The van der Waals surface area contributed by atoms with Gasteiger partial charge in [0.2, 0.25) is 0 Å². The minimum absolute atomic E-state index is 0.781. The molecule has 0 aliphatic carbocycles. The third kappa shape index (κ3) is 4.20. The number of anilines is 3. The van der Waals surface area contributed by atoms with Gasteiger partial charge in [0.15, 0.2) is 5.58 Å². The molecular weight excluding hydrogens is 512 g/mol. The van der Waals surface area contributed by atoms with Gasteiger partial charge in [0, 0.05) is 22.1 Å². The largest absolute Gasteiger partial charge is 0.454 e. The minimum Gasteiger partial charge on any atom is -0.454 e. The molecule has 8 aromatic rings. The predicted octanol–water partition coefficient (Wildman–Crippen LogP) is 10.9. The van der Waals surface area contributed by atoms with Crippen LogP contribution in [-0.4, -0.2) is 4.98 Å². The van der Waals surface area contributed by atoms with Crippen LogP contribution in [0.1, 0.15) is 0 Å². The van der Waals surface area contributed by atoms with Crippen LogP contribution < -0.4 is 4.90 Å². The maximum atomic E-state index is 6.26. The molecule has 2 heterocycles. The lowest BCUT2D eigenvalue weighted by Gasteiger charge is -2.25. The Kier molecular flexibility index (Phi) is 5.79. The van der Waals surface area contributed by atoms with Gasteiger partial charge in [-0.2, -0.15) is 0 Å². The minimum atomic E-state index is 0.781. The molecule has 0 aliphatic rings. The van der Waals surface area contributed by atoms with E-state index in [4.69, 9.17) is 9.40 Å². The molecular formula is C39H26N2O. The van der Waals surface area contributed by atoms with Crippen LogP contribution in [0.4, 0.5) is 17.2 Å². The Morgan fingerprint density at radius 1 is 0.452 bits per heavy atom. The first-order chi connectivity index (χ1) is 20.8. The van der Waals surface area contributed by atoms with Gasteiger partial charge in [-0.1, -0.05) is 115 Å². The van der Waals surface area contributed by atoms with Crippen LogP contribution in [0, 0.1) is 0 Å². The Morgan fingerprint density at radius 3 is 1.62 bits per heavy atom. The quantitative estimate of drug-likeness (QED) is 0.218. The summed E-state index contributed by atoms with van der Waals surface area (Å²) in [6, 6.07) is 53.1.